The second-order valence-electron chi connectivity index (χ2n) is 8.02. The standard InChI is InChI=1S/C26H25N5O2S/c1-33-22-11-9-21(10-12-22)31-24(20-13-15-27-16-14-20)28-29-26(31)34-23(19-7-3-2-4-8-19)25(32)30-17-5-6-18-30/h2-4,7-16,23H,5-6,17-18H2,1H3. The molecule has 4 aromatic rings. The Labute approximate surface area is 202 Å². The molecular formula is C26H25N5O2S. The van der Waals surface area contributed by atoms with Gasteiger partial charge >= 0.3 is 0 Å². The number of methoxy groups -OCH3 is 1. The molecule has 34 heavy (non-hydrogen) atoms. The molecule has 1 unspecified atom stereocenters. The summed E-state index contributed by atoms with van der Waals surface area (Å²) in [6.45, 7) is 1.60. The third-order valence-electron chi connectivity index (χ3n) is 5.87. The number of nitrogens with zero attached hydrogens (tertiary/aromatic N) is 5. The number of benzene rings is 2. The number of carbonyl (C=O) groups is 1. The van der Waals surface area contributed by atoms with Crippen LogP contribution >= 0.6 is 11.8 Å². The van der Waals surface area contributed by atoms with Crippen LogP contribution in [-0.4, -0.2) is 50.8 Å². The van der Waals surface area contributed by atoms with Crippen LogP contribution in [0, 0.1) is 0 Å². The normalized spacial score (nSPS) is 14.2. The number of hydrogen-bond donors (Lipinski definition) is 0. The molecule has 8 heteroatoms. The first-order valence-corrected chi connectivity index (χ1v) is 12.1. The van der Waals surface area contributed by atoms with Crippen LogP contribution in [0.2, 0.25) is 0 Å². The predicted molar refractivity (Wildman–Crippen MR) is 132 cm³/mol. The SMILES string of the molecule is COc1ccc(-n2c(SC(C(=O)N3CCCC3)c3ccccc3)nnc2-c2ccncc2)cc1. The number of thioether (sulfide) groups is 1. The smallest absolute Gasteiger partial charge is 0.240 e. The van der Waals surface area contributed by atoms with Crippen LogP contribution in [0.15, 0.2) is 84.3 Å². The van der Waals surface area contributed by atoms with Gasteiger partial charge in [0.15, 0.2) is 11.0 Å². The van der Waals surface area contributed by atoms with E-state index in [9.17, 15) is 4.79 Å². The average Bonchev–Trinajstić information content (AvgIpc) is 3.59. The second-order valence-corrected chi connectivity index (χ2v) is 9.09. The summed E-state index contributed by atoms with van der Waals surface area (Å²) in [5, 5.41) is 9.30. The number of likely N-dealkylation sites (tertiary alicyclic amines) is 1. The van der Waals surface area contributed by atoms with E-state index in [1.165, 1.54) is 11.8 Å². The van der Waals surface area contributed by atoms with Crippen molar-refractivity contribution >= 4 is 17.7 Å². The van der Waals surface area contributed by atoms with Crippen LogP contribution in [0.1, 0.15) is 23.7 Å². The van der Waals surface area contributed by atoms with Gasteiger partial charge in [0.25, 0.3) is 0 Å². The van der Waals surface area contributed by atoms with Crippen molar-refractivity contribution in [3.8, 4) is 22.8 Å². The third kappa shape index (κ3) is 4.54. The highest BCUT2D eigenvalue weighted by molar-refractivity contribution is 8.00. The molecule has 0 spiro atoms. The minimum atomic E-state index is -0.411. The predicted octanol–water partition coefficient (Wildman–Crippen LogP) is 4.79. The Hall–Kier alpha value is -3.65. The fourth-order valence-electron chi connectivity index (χ4n) is 4.10. The zero-order chi connectivity index (χ0) is 23.3. The van der Waals surface area contributed by atoms with Gasteiger partial charge in [0, 0.05) is 36.7 Å². The summed E-state index contributed by atoms with van der Waals surface area (Å²) < 4.78 is 7.33. The van der Waals surface area contributed by atoms with Crippen LogP contribution < -0.4 is 4.74 Å². The van der Waals surface area contributed by atoms with Crippen molar-refractivity contribution in [3.05, 3.63) is 84.7 Å². The zero-order valence-corrected chi connectivity index (χ0v) is 19.7. The van der Waals surface area contributed by atoms with Crippen molar-refractivity contribution in [2.75, 3.05) is 20.2 Å². The van der Waals surface area contributed by atoms with Gasteiger partial charge < -0.3 is 9.64 Å². The summed E-state index contributed by atoms with van der Waals surface area (Å²) in [4.78, 5) is 19.7. The van der Waals surface area contributed by atoms with Crippen LogP contribution in [-0.2, 0) is 4.79 Å². The molecule has 7 nitrogen and oxygen atoms in total. The van der Waals surface area contributed by atoms with E-state index in [0.717, 1.165) is 48.5 Å². The van der Waals surface area contributed by atoms with Gasteiger partial charge in [0.05, 0.1) is 7.11 Å². The maximum Gasteiger partial charge on any atom is 0.240 e. The summed E-state index contributed by atoms with van der Waals surface area (Å²) in [6, 6.07) is 21.5. The Kier molecular flexibility index (Phi) is 6.58. The van der Waals surface area contributed by atoms with E-state index in [1.54, 1.807) is 19.5 Å². The molecule has 1 aliphatic heterocycles. The number of aromatic nitrogens is 4. The highest BCUT2D eigenvalue weighted by Gasteiger charge is 2.31. The molecular weight excluding hydrogens is 446 g/mol. The average molecular weight is 472 g/mol. The van der Waals surface area contributed by atoms with Gasteiger partial charge in [-0.05, 0) is 54.8 Å². The molecule has 172 valence electrons. The van der Waals surface area contributed by atoms with E-state index >= 15 is 0 Å². The highest BCUT2D eigenvalue weighted by Crippen LogP contribution is 2.39. The van der Waals surface area contributed by atoms with E-state index in [-0.39, 0.29) is 5.91 Å². The summed E-state index contributed by atoms with van der Waals surface area (Å²) in [6.07, 6.45) is 5.57. The van der Waals surface area contributed by atoms with Crippen LogP contribution in [0.25, 0.3) is 17.1 Å². The lowest BCUT2D eigenvalue weighted by molar-refractivity contribution is -0.129. The number of rotatable bonds is 7. The first-order valence-electron chi connectivity index (χ1n) is 11.3. The molecule has 1 saturated heterocycles. The monoisotopic (exact) mass is 471 g/mol. The fourth-order valence-corrected chi connectivity index (χ4v) is 5.24. The van der Waals surface area contributed by atoms with Crippen molar-refractivity contribution < 1.29 is 9.53 Å². The van der Waals surface area contributed by atoms with Crippen LogP contribution in [0.5, 0.6) is 5.75 Å². The zero-order valence-electron chi connectivity index (χ0n) is 18.9. The largest absolute Gasteiger partial charge is 0.497 e. The lowest BCUT2D eigenvalue weighted by atomic mass is 10.1. The van der Waals surface area contributed by atoms with Crippen molar-refractivity contribution in [1.82, 2.24) is 24.6 Å². The van der Waals surface area contributed by atoms with Crippen molar-refractivity contribution in [3.63, 3.8) is 0 Å². The summed E-state index contributed by atoms with van der Waals surface area (Å²) in [5.41, 5.74) is 2.74. The number of carbonyl (C=O) groups excluding carboxylic acids is 1. The lowest BCUT2D eigenvalue weighted by Crippen LogP contribution is -2.31. The Balaban J connectivity index is 1.58. The van der Waals surface area contributed by atoms with E-state index in [0.29, 0.717) is 11.0 Å². The molecule has 0 aliphatic carbocycles. The van der Waals surface area contributed by atoms with Gasteiger partial charge in [0.2, 0.25) is 5.91 Å². The Morgan fingerprint density at radius 2 is 1.65 bits per heavy atom. The molecule has 2 aromatic carbocycles. The summed E-state index contributed by atoms with van der Waals surface area (Å²) in [7, 11) is 1.64. The number of hydrogen-bond acceptors (Lipinski definition) is 6. The van der Waals surface area contributed by atoms with Crippen LogP contribution in [0.3, 0.4) is 0 Å². The highest BCUT2D eigenvalue weighted by atomic mass is 32.2. The Morgan fingerprint density at radius 1 is 0.941 bits per heavy atom. The number of ether oxygens (including phenoxy) is 1. The van der Waals surface area contributed by atoms with Gasteiger partial charge in [-0.25, -0.2) is 0 Å². The molecule has 5 rings (SSSR count). The van der Waals surface area contributed by atoms with E-state index in [4.69, 9.17) is 4.74 Å². The van der Waals surface area contributed by atoms with Crippen molar-refractivity contribution in [2.24, 2.45) is 0 Å². The first kappa shape index (κ1) is 22.2. The molecule has 0 radical (unpaired) electrons. The van der Waals surface area contributed by atoms with E-state index in [2.05, 4.69) is 15.2 Å². The third-order valence-corrected chi connectivity index (χ3v) is 7.05. The van der Waals surface area contributed by atoms with Gasteiger partial charge in [-0.3, -0.25) is 14.3 Å². The quantitative estimate of drug-likeness (QED) is 0.361. The molecule has 0 N–H and O–H groups in total. The number of pyridine rings is 1. The minimum Gasteiger partial charge on any atom is -0.497 e. The van der Waals surface area contributed by atoms with Crippen molar-refractivity contribution in [1.29, 1.82) is 0 Å². The number of amides is 1. The summed E-state index contributed by atoms with van der Waals surface area (Å²) >= 11 is 1.43. The molecule has 0 bridgehead atoms. The maximum absolute atomic E-state index is 13.6. The van der Waals surface area contributed by atoms with E-state index < -0.39 is 5.25 Å². The molecule has 0 saturated carbocycles. The second kappa shape index (κ2) is 10.1. The fraction of sp³-hybridized carbons (Fsp3) is 0.231. The van der Waals surface area contributed by atoms with Gasteiger partial charge in [-0.15, -0.1) is 10.2 Å². The van der Waals surface area contributed by atoms with Gasteiger partial charge in [0.1, 0.15) is 11.0 Å². The maximum atomic E-state index is 13.6. The Bertz CT molecular complexity index is 1240. The van der Waals surface area contributed by atoms with E-state index in [1.807, 2.05) is 76.2 Å². The molecule has 3 heterocycles. The summed E-state index contributed by atoms with van der Waals surface area (Å²) in [5.74, 6) is 1.57. The molecule has 1 fully saturated rings. The van der Waals surface area contributed by atoms with Gasteiger partial charge in [-0.2, -0.15) is 0 Å². The topological polar surface area (TPSA) is 73.1 Å². The lowest BCUT2D eigenvalue weighted by Gasteiger charge is -2.23. The molecule has 1 amide bonds. The Morgan fingerprint density at radius 3 is 2.32 bits per heavy atom. The molecule has 1 atom stereocenters. The van der Waals surface area contributed by atoms with Crippen molar-refractivity contribution in [2.45, 2.75) is 23.2 Å². The molecule has 2 aromatic heterocycles. The van der Waals surface area contributed by atoms with Crippen LogP contribution in [0.4, 0.5) is 0 Å². The van der Waals surface area contributed by atoms with Gasteiger partial charge in [-0.1, -0.05) is 42.1 Å². The minimum absolute atomic E-state index is 0.114. The first-order chi connectivity index (χ1) is 16.7. The molecule has 1 aliphatic rings.